The van der Waals surface area contributed by atoms with E-state index in [9.17, 15) is 30.0 Å². The maximum atomic E-state index is 13.5. The van der Waals surface area contributed by atoms with Crippen molar-refractivity contribution in [2.75, 3.05) is 20.0 Å². The molecule has 3 atom stereocenters. The Morgan fingerprint density at radius 2 is 1.81 bits per heavy atom. The summed E-state index contributed by atoms with van der Waals surface area (Å²) in [5.41, 5.74) is -1.01. The molecule has 0 aliphatic carbocycles. The van der Waals surface area contributed by atoms with Gasteiger partial charge < -0.3 is 9.47 Å². The first kappa shape index (κ1) is 24.5. The highest BCUT2D eigenvalue weighted by molar-refractivity contribution is 7.92. The Bertz CT molecular complexity index is 1210. The van der Waals surface area contributed by atoms with E-state index in [0.29, 0.717) is 12.5 Å². The van der Waals surface area contributed by atoms with Crippen LogP contribution in [0.2, 0.25) is 0 Å². The van der Waals surface area contributed by atoms with Crippen molar-refractivity contribution in [3.05, 3.63) is 47.8 Å². The Hall–Kier alpha value is -2.18. The van der Waals surface area contributed by atoms with E-state index in [-0.39, 0.29) is 22.9 Å². The van der Waals surface area contributed by atoms with E-state index in [1.165, 1.54) is 13.2 Å². The average Bonchev–Trinajstić information content (AvgIpc) is 2.71. The number of pyridine rings is 1. The zero-order chi connectivity index (χ0) is 23.9. The predicted molar refractivity (Wildman–Crippen MR) is 109 cm³/mol. The zero-order valence-electron chi connectivity index (χ0n) is 17.5. The lowest BCUT2D eigenvalue weighted by molar-refractivity contribution is -0.137. The lowest BCUT2D eigenvalue weighted by Crippen LogP contribution is -2.40. The molecule has 1 aromatic heterocycles. The standard InChI is InChI=1S/C20H22F3NO6S2/c1-12-7-8-30-18(17-16(29-2)10-15(11-24-17)31(3,25)26)19(12)32(27,28)14-6-4-5-13(9-14)20(21,22)23/h4-6,9-12,18-19H,7-8H2,1-3H3. The van der Waals surface area contributed by atoms with Gasteiger partial charge in [0, 0.05) is 25.1 Å². The van der Waals surface area contributed by atoms with E-state index >= 15 is 0 Å². The maximum absolute atomic E-state index is 13.5. The molecule has 0 amide bonds. The Balaban J connectivity index is 2.13. The molecule has 1 aliphatic rings. The fourth-order valence-electron chi connectivity index (χ4n) is 3.67. The van der Waals surface area contributed by atoms with Gasteiger partial charge in [-0.3, -0.25) is 4.98 Å². The summed E-state index contributed by atoms with van der Waals surface area (Å²) in [7, 11) is -6.63. The first-order chi connectivity index (χ1) is 14.8. The average molecular weight is 494 g/mol. The Morgan fingerprint density at radius 3 is 2.41 bits per heavy atom. The van der Waals surface area contributed by atoms with Crippen LogP contribution in [0.25, 0.3) is 0 Å². The van der Waals surface area contributed by atoms with Crippen molar-refractivity contribution in [1.82, 2.24) is 4.98 Å². The second-order valence-corrected chi connectivity index (χ2v) is 11.7. The number of halogens is 3. The minimum absolute atomic E-state index is 0.0104. The van der Waals surface area contributed by atoms with Crippen molar-refractivity contribution < 1.29 is 39.5 Å². The second-order valence-electron chi connectivity index (χ2n) is 7.62. The van der Waals surface area contributed by atoms with Crippen molar-refractivity contribution in [3.63, 3.8) is 0 Å². The number of aromatic nitrogens is 1. The maximum Gasteiger partial charge on any atom is 0.416 e. The summed E-state index contributed by atoms with van der Waals surface area (Å²) in [5, 5.41) is -1.26. The quantitative estimate of drug-likeness (QED) is 0.629. The first-order valence-corrected chi connectivity index (χ1v) is 13.0. The number of alkyl halides is 3. The summed E-state index contributed by atoms with van der Waals surface area (Å²) in [6.45, 7) is 1.86. The van der Waals surface area contributed by atoms with Crippen molar-refractivity contribution in [2.45, 2.75) is 40.7 Å². The largest absolute Gasteiger partial charge is 0.495 e. The number of sulfone groups is 2. The highest BCUT2D eigenvalue weighted by Gasteiger charge is 2.45. The van der Waals surface area contributed by atoms with E-state index in [2.05, 4.69) is 4.98 Å². The molecule has 0 bridgehead atoms. The number of benzene rings is 1. The highest BCUT2D eigenvalue weighted by atomic mass is 32.2. The molecule has 3 unspecified atom stereocenters. The van der Waals surface area contributed by atoms with Gasteiger partial charge >= 0.3 is 6.18 Å². The van der Waals surface area contributed by atoms with Crippen LogP contribution in [-0.2, 0) is 30.6 Å². The van der Waals surface area contributed by atoms with Gasteiger partial charge in [-0.05, 0) is 30.5 Å². The Labute approximate surface area is 184 Å². The summed E-state index contributed by atoms with van der Waals surface area (Å²) in [6, 6.07) is 4.77. The molecule has 1 aromatic carbocycles. The Kier molecular flexibility index (Phi) is 6.60. The third kappa shape index (κ3) is 4.76. The molecule has 0 saturated carbocycles. The third-order valence-corrected chi connectivity index (χ3v) is 8.77. The van der Waals surface area contributed by atoms with Crippen molar-refractivity contribution in [3.8, 4) is 5.75 Å². The molecule has 2 heterocycles. The molecule has 0 N–H and O–H groups in total. The number of rotatable bonds is 5. The van der Waals surface area contributed by atoms with E-state index in [0.717, 1.165) is 30.7 Å². The first-order valence-electron chi connectivity index (χ1n) is 9.53. The topological polar surface area (TPSA) is 99.6 Å². The van der Waals surface area contributed by atoms with Gasteiger partial charge in [0.2, 0.25) is 0 Å². The monoisotopic (exact) mass is 493 g/mol. The normalized spacial score (nSPS) is 22.5. The van der Waals surface area contributed by atoms with Gasteiger partial charge in [-0.15, -0.1) is 0 Å². The Morgan fingerprint density at radius 1 is 1.12 bits per heavy atom. The van der Waals surface area contributed by atoms with E-state index in [1.807, 2.05) is 0 Å². The van der Waals surface area contributed by atoms with Crippen LogP contribution in [0.15, 0.2) is 46.3 Å². The molecule has 3 rings (SSSR count). The van der Waals surface area contributed by atoms with Crippen molar-refractivity contribution >= 4 is 19.7 Å². The summed E-state index contributed by atoms with van der Waals surface area (Å²) in [5.74, 6) is -0.467. The van der Waals surface area contributed by atoms with Gasteiger partial charge in [-0.1, -0.05) is 13.0 Å². The van der Waals surface area contributed by atoms with Crippen LogP contribution >= 0.6 is 0 Å². The molecule has 0 spiro atoms. The molecule has 32 heavy (non-hydrogen) atoms. The fourth-order valence-corrected chi connectivity index (χ4v) is 6.38. The fraction of sp³-hybridized carbons (Fsp3) is 0.450. The van der Waals surface area contributed by atoms with Crippen LogP contribution in [0.3, 0.4) is 0 Å². The highest BCUT2D eigenvalue weighted by Crippen LogP contribution is 2.42. The van der Waals surface area contributed by atoms with Gasteiger partial charge in [0.15, 0.2) is 19.7 Å². The number of hydrogen-bond donors (Lipinski definition) is 0. The van der Waals surface area contributed by atoms with Crippen LogP contribution in [0.1, 0.15) is 30.7 Å². The van der Waals surface area contributed by atoms with Crippen LogP contribution < -0.4 is 4.74 Å². The second kappa shape index (κ2) is 8.64. The van der Waals surface area contributed by atoms with E-state index < -0.39 is 53.6 Å². The summed E-state index contributed by atoms with van der Waals surface area (Å²) >= 11 is 0. The van der Waals surface area contributed by atoms with Gasteiger partial charge in [0.25, 0.3) is 0 Å². The molecule has 1 saturated heterocycles. The zero-order valence-corrected chi connectivity index (χ0v) is 19.1. The van der Waals surface area contributed by atoms with Gasteiger partial charge in [-0.2, -0.15) is 13.2 Å². The third-order valence-electron chi connectivity index (χ3n) is 5.35. The minimum Gasteiger partial charge on any atom is -0.495 e. The number of methoxy groups -OCH3 is 1. The predicted octanol–water partition coefficient (Wildman–Crippen LogP) is 3.45. The van der Waals surface area contributed by atoms with Gasteiger partial charge in [0.1, 0.15) is 22.8 Å². The molecule has 7 nitrogen and oxygen atoms in total. The van der Waals surface area contributed by atoms with Gasteiger partial charge in [0.05, 0.1) is 22.5 Å². The lowest BCUT2D eigenvalue weighted by atomic mass is 9.94. The van der Waals surface area contributed by atoms with E-state index in [4.69, 9.17) is 9.47 Å². The molecular formula is C20H22F3NO6S2. The molecule has 0 radical (unpaired) electrons. The minimum atomic E-state index is -4.70. The SMILES string of the molecule is COc1cc(S(C)(=O)=O)cnc1C1OCCC(C)C1S(=O)(=O)c1cccc(C(F)(F)F)c1. The van der Waals surface area contributed by atoms with Crippen molar-refractivity contribution in [2.24, 2.45) is 5.92 Å². The van der Waals surface area contributed by atoms with Crippen LogP contribution in [0.5, 0.6) is 5.75 Å². The number of ether oxygens (including phenoxy) is 2. The summed E-state index contributed by atoms with van der Waals surface area (Å²) in [4.78, 5) is 3.51. The van der Waals surface area contributed by atoms with E-state index in [1.54, 1.807) is 6.92 Å². The summed E-state index contributed by atoms with van der Waals surface area (Å²) in [6.07, 6.45) is -3.44. The van der Waals surface area contributed by atoms with Gasteiger partial charge in [-0.25, -0.2) is 16.8 Å². The van der Waals surface area contributed by atoms with Crippen LogP contribution in [0.4, 0.5) is 13.2 Å². The van der Waals surface area contributed by atoms with Crippen LogP contribution in [-0.4, -0.2) is 47.0 Å². The molecule has 1 aliphatic heterocycles. The summed E-state index contributed by atoms with van der Waals surface area (Å²) < 4.78 is 101. The molecular weight excluding hydrogens is 471 g/mol. The number of hydrogen-bond acceptors (Lipinski definition) is 7. The smallest absolute Gasteiger partial charge is 0.416 e. The van der Waals surface area contributed by atoms with Crippen LogP contribution in [0, 0.1) is 5.92 Å². The molecule has 12 heteroatoms. The molecule has 1 fully saturated rings. The lowest BCUT2D eigenvalue weighted by Gasteiger charge is -2.36. The number of nitrogens with zero attached hydrogens (tertiary/aromatic N) is 1. The molecule has 2 aromatic rings. The van der Waals surface area contributed by atoms with Crippen molar-refractivity contribution in [1.29, 1.82) is 0 Å². The molecule has 176 valence electrons.